The molecule has 0 amide bonds. The summed E-state index contributed by atoms with van der Waals surface area (Å²) in [6.45, 7) is 0. The molecule has 0 radical (unpaired) electrons. The summed E-state index contributed by atoms with van der Waals surface area (Å²) in [5.74, 6) is -0.472. The molecule has 0 atom stereocenters. The minimum atomic E-state index is -1.03. The van der Waals surface area contributed by atoms with Gasteiger partial charge in [-0.3, -0.25) is 4.40 Å². The van der Waals surface area contributed by atoms with Gasteiger partial charge in [0.25, 0.3) is 0 Å². The van der Waals surface area contributed by atoms with E-state index in [0.29, 0.717) is 22.8 Å². The van der Waals surface area contributed by atoms with Gasteiger partial charge in [0.2, 0.25) is 0 Å². The Hall–Kier alpha value is -4.00. The Balaban J connectivity index is 1.90. The van der Waals surface area contributed by atoms with E-state index < -0.39 is 5.97 Å². The fourth-order valence-corrected chi connectivity index (χ4v) is 2.67. The Bertz CT molecular complexity index is 1150. The SMILES string of the molecule is O=C(O)c1ccc2nc(-c3ccccc3)c(N=Nc3ccc(O)cc3)n2c1. The Morgan fingerprint density at radius 1 is 0.926 bits per heavy atom. The topological polar surface area (TPSA) is 99.5 Å². The largest absolute Gasteiger partial charge is 0.508 e. The summed E-state index contributed by atoms with van der Waals surface area (Å²) in [6, 6.07) is 18.9. The molecule has 4 rings (SSSR count). The number of carbonyl (C=O) groups is 1. The molecule has 2 aromatic heterocycles. The van der Waals surface area contributed by atoms with Crippen LogP contribution in [0.4, 0.5) is 11.5 Å². The Morgan fingerprint density at radius 2 is 1.67 bits per heavy atom. The average molecular weight is 358 g/mol. The van der Waals surface area contributed by atoms with Crippen LogP contribution >= 0.6 is 0 Å². The third-order valence-corrected chi connectivity index (χ3v) is 4.00. The summed E-state index contributed by atoms with van der Waals surface area (Å²) >= 11 is 0. The van der Waals surface area contributed by atoms with Gasteiger partial charge in [0.15, 0.2) is 5.82 Å². The zero-order valence-corrected chi connectivity index (χ0v) is 14.0. The number of nitrogens with zero attached hydrogens (tertiary/aromatic N) is 4. The second kappa shape index (κ2) is 6.72. The minimum absolute atomic E-state index is 0.126. The number of fused-ring (bicyclic) bond motifs is 1. The molecule has 0 aliphatic heterocycles. The van der Waals surface area contributed by atoms with E-state index in [2.05, 4.69) is 15.2 Å². The van der Waals surface area contributed by atoms with E-state index in [0.717, 1.165) is 5.56 Å². The Morgan fingerprint density at radius 3 is 2.37 bits per heavy atom. The van der Waals surface area contributed by atoms with Gasteiger partial charge < -0.3 is 10.2 Å². The normalized spacial score (nSPS) is 11.3. The van der Waals surface area contributed by atoms with E-state index >= 15 is 0 Å². The second-order valence-electron chi connectivity index (χ2n) is 5.82. The molecule has 7 heteroatoms. The van der Waals surface area contributed by atoms with Gasteiger partial charge in [-0.2, -0.15) is 0 Å². The van der Waals surface area contributed by atoms with Crippen LogP contribution in [0, 0.1) is 0 Å². The lowest BCUT2D eigenvalue weighted by atomic mass is 10.1. The molecule has 7 nitrogen and oxygen atoms in total. The lowest BCUT2D eigenvalue weighted by Gasteiger charge is -2.01. The number of carboxylic acids is 1. The predicted molar refractivity (Wildman–Crippen MR) is 99.9 cm³/mol. The van der Waals surface area contributed by atoms with Crippen LogP contribution in [0.15, 0.2) is 83.2 Å². The summed E-state index contributed by atoms with van der Waals surface area (Å²) in [4.78, 5) is 15.9. The molecule has 0 aliphatic carbocycles. The third-order valence-electron chi connectivity index (χ3n) is 4.00. The van der Waals surface area contributed by atoms with Crippen LogP contribution in [-0.4, -0.2) is 25.6 Å². The van der Waals surface area contributed by atoms with Crippen molar-refractivity contribution in [3.8, 4) is 17.0 Å². The van der Waals surface area contributed by atoms with Crippen molar-refractivity contribution in [1.82, 2.24) is 9.38 Å². The van der Waals surface area contributed by atoms with Gasteiger partial charge in [-0.1, -0.05) is 30.3 Å². The molecular weight excluding hydrogens is 344 g/mol. The number of rotatable bonds is 4. The summed E-state index contributed by atoms with van der Waals surface area (Å²) in [6.07, 6.45) is 1.47. The molecular formula is C20H14N4O3. The molecule has 2 N–H and O–H groups in total. The number of phenolic OH excluding ortho intramolecular Hbond substituents is 1. The van der Waals surface area contributed by atoms with E-state index in [9.17, 15) is 15.0 Å². The lowest BCUT2D eigenvalue weighted by Crippen LogP contribution is -1.98. The van der Waals surface area contributed by atoms with Crippen LogP contribution in [0.1, 0.15) is 10.4 Å². The number of imidazole rings is 1. The molecule has 0 saturated heterocycles. The van der Waals surface area contributed by atoms with Crippen molar-refractivity contribution in [2.24, 2.45) is 10.2 Å². The summed E-state index contributed by atoms with van der Waals surface area (Å²) in [5.41, 5.74) is 2.69. The van der Waals surface area contributed by atoms with Crippen molar-refractivity contribution in [3.63, 3.8) is 0 Å². The maximum absolute atomic E-state index is 11.3. The molecule has 0 unspecified atom stereocenters. The van der Waals surface area contributed by atoms with Gasteiger partial charge in [0.1, 0.15) is 17.1 Å². The number of aromatic hydroxyl groups is 1. The number of azo groups is 1. The zero-order chi connectivity index (χ0) is 18.8. The van der Waals surface area contributed by atoms with Crippen molar-refractivity contribution in [2.45, 2.75) is 0 Å². The quantitative estimate of drug-likeness (QED) is 0.511. The molecule has 132 valence electrons. The van der Waals surface area contributed by atoms with E-state index in [-0.39, 0.29) is 11.3 Å². The molecule has 2 heterocycles. The fraction of sp³-hybridized carbons (Fsp3) is 0. The molecule has 0 fully saturated rings. The number of phenols is 1. The van der Waals surface area contributed by atoms with Crippen molar-refractivity contribution >= 4 is 23.1 Å². The van der Waals surface area contributed by atoms with Crippen LogP contribution in [0.3, 0.4) is 0 Å². The van der Waals surface area contributed by atoms with Gasteiger partial charge in [-0.25, -0.2) is 9.78 Å². The maximum atomic E-state index is 11.3. The molecule has 4 aromatic rings. The van der Waals surface area contributed by atoms with E-state index in [1.807, 2.05) is 30.3 Å². The molecule has 0 aliphatic rings. The van der Waals surface area contributed by atoms with E-state index in [4.69, 9.17) is 0 Å². The van der Waals surface area contributed by atoms with Gasteiger partial charge in [-0.15, -0.1) is 10.2 Å². The highest BCUT2D eigenvalue weighted by Gasteiger charge is 2.15. The standard InChI is InChI=1S/C20H14N4O3/c25-16-9-7-15(8-10-16)22-23-19-18(13-4-2-1-3-5-13)21-17-11-6-14(20(26)27)12-24(17)19/h1-12,25H,(H,26,27). The number of benzene rings is 2. The first-order valence-electron chi connectivity index (χ1n) is 8.13. The van der Waals surface area contributed by atoms with Gasteiger partial charge in [-0.05, 0) is 36.4 Å². The second-order valence-corrected chi connectivity index (χ2v) is 5.82. The van der Waals surface area contributed by atoms with Crippen LogP contribution in [0.5, 0.6) is 5.75 Å². The average Bonchev–Trinajstić information content (AvgIpc) is 3.06. The fourth-order valence-electron chi connectivity index (χ4n) is 2.67. The summed E-state index contributed by atoms with van der Waals surface area (Å²) < 4.78 is 1.61. The van der Waals surface area contributed by atoms with Gasteiger partial charge in [0.05, 0.1) is 11.3 Å². The predicted octanol–water partition coefficient (Wildman–Crippen LogP) is 4.82. The monoisotopic (exact) mass is 358 g/mol. The van der Waals surface area contributed by atoms with Crippen LogP contribution in [0.2, 0.25) is 0 Å². The van der Waals surface area contributed by atoms with Crippen LogP contribution < -0.4 is 0 Å². The molecule has 0 saturated carbocycles. The number of hydrogen-bond donors (Lipinski definition) is 2. The highest BCUT2D eigenvalue weighted by molar-refractivity contribution is 5.88. The van der Waals surface area contributed by atoms with Crippen LogP contribution in [0.25, 0.3) is 16.9 Å². The summed E-state index contributed by atoms with van der Waals surface area (Å²) in [7, 11) is 0. The molecule has 2 aromatic carbocycles. The number of aromatic nitrogens is 2. The smallest absolute Gasteiger partial charge is 0.337 e. The first-order valence-corrected chi connectivity index (χ1v) is 8.13. The van der Waals surface area contributed by atoms with Crippen LogP contribution in [-0.2, 0) is 0 Å². The first-order chi connectivity index (χ1) is 13.1. The molecule has 0 spiro atoms. The number of aromatic carboxylic acids is 1. The number of carboxylic acid groups (broad SMARTS) is 1. The highest BCUT2D eigenvalue weighted by Crippen LogP contribution is 2.32. The summed E-state index contributed by atoms with van der Waals surface area (Å²) in [5, 5.41) is 27.2. The van der Waals surface area contributed by atoms with Gasteiger partial charge in [0, 0.05) is 11.8 Å². The van der Waals surface area contributed by atoms with Crippen molar-refractivity contribution in [1.29, 1.82) is 0 Å². The van der Waals surface area contributed by atoms with Crippen molar-refractivity contribution < 1.29 is 15.0 Å². The first kappa shape index (κ1) is 16.5. The lowest BCUT2D eigenvalue weighted by molar-refractivity contribution is 0.0696. The highest BCUT2D eigenvalue weighted by atomic mass is 16.4. The zero-order valence-electron chi connectivity index (χ0n) is 14.0. The number of pyridine rings is 1. The van der Waals surface area contributed by atoms with Crippen molar-refractivity contribution in [3.05, 3.63) is 78.5 Å². The number of hydrogen-bond acceptors (Lipinski definition) is 5. The Kier molecular flexibility index (Phi) is 4.10. The maximum Gasteiger partial charge on any atom is 0.337 e. The Labute approximate surface area is 153 Å². The third kappa shape index (κ3) is 3.25. The molecule has 27 heavy (non-hydrogen) atoms. The van der Waals surface area contributed by atoms with E-state index in [1.54, 1.807) is 22.6 Å². The van der Waals surface area contributed by atoms with E-state index in [1.165, 1.54) is 24.4 Å². The van der Waals surface area contributed by atoms with Crippen molar-refractivity contribution in [2.75, 3.05) is 0 Å². The minimum Gasteiger partial charge on any atom is -0.508 e. The molecule has 0 bridgehead atoms. The van der Waals surface area contributed by atoms with Gasteiger partial charge >= 0.3 is 5.97 Å².